The maximum absolute atomic E-state index is 11.9. The quantitative estimate of drug-likeness (QED) is 0.503. The number of nitrogens with zero attached hydrogens (tertiary/aromatic N) is 1. The van der Waals surface area contributed by atoms with Crippen LogP contribution in [0.3, 0.4) is 0 Å². The summed E-state index contributed by atoms with van der Waals surface area (Å²) in [5.74, 6) is 0. The number of aliphatic hydroxyl groups is 1. The van der Waals surface area contributed by atoms with Gasteiger partial charge in [0.1, 0.15) is 0 Å². The van der Waals surface area contributed by atoms with Crippen molar-refractivity contribution < 1.29 is 9.50 Å². The summed E-state index contributed by atoms with van der Waals surface area (Å²) in [6.07, 6.45) is 2.03. The van der Waals surface area contributed by atoms with E-state index in [0.29, 0.717) is 13.1 Å². The van der Waals surface area contributed by atoms with Crippen molar-refractivity contribution in [1.29, 1.82) is 0 Å². The fraction of sp³-hybridized carbons (Fsp3) is 1.00. The molecule has 2 nitrogen and oxygen atoms in total. The van der Waals surface area contributed by atoms with E-state index < -0.39 is 6.48 Å². The van der Waals surface area contributed by atoms with Crippen LogP contribution in [0.2, 0.25) is 0 Å². The predicted octanol–water partition coefficient (Wildman–Crippen LogP) is 0.328. The number of alkyl halides is 1. The second kappa shape index (κ2) is 2.42. The summed E-state index contributed by atoms with van der Waals surface area (Å²) in [5.41, 5.74) is 0. The first-order valence-corrected chi connectivity index (χ1v) is 2.87. The number of likely N-dealkylation sites (tertiary alicyclic amines) is 1. The summed E-state index contributed by atoms with van der Waals surface area (Å²) >= 11 is 0. The van der Waals surface area contributed by atoms with Gasteiger partial charge in [0, 0.05) is 13.1 Å². The highest BCUT2D eigenvalue weighted by Gasteiger charge is 2.17. The minimum atomic E-state index is -1.72. The van der Waals surface area contributed by atoms with E-state index in [1.165, 1.54) is 4.90 Å². The molecule has 0 aromatic heterocycles. The molecule has 3 heteroatoms. The Bertz CT molecular complexity index is 70.8. The van der Waals surface area contributed by atoms with Crippen molar-refractivity contribution >= 4 is 0 Å². The van der Waals surface area contributed by atoms with Crippen molar-refractivity contribution in [3.05, 3.63) is 0 Å². The Morgan fingerprint density at radius 3 is 2.12 bits per heavy atom. The van der Waals surface area contributed by atoms with Crippen LogP contribution in [0.15, 0.2) is 0 Å². The van der Waals surface area contributed by atoms with E-state index in [2.05, 4.69) is 0 Å². The summed E-state index contributed by atoms with van der Waals surface area (Å²) in [5, 5.41) is 8.31. The Labute approximate surface area is 47.9 Å². The molecule has 0 saturated carbocycles. The number of aliphatic hydroxyl groups excluding tert-OH is 1. The zero-order chi connectivity index (χ0) is 5.98. The molecule has 1 saturated heterocycles. The molecule has 1 atom stereocenters. The molecule has 1 fully saturated rings. The summed E-state index contributed by atoms with van der Waals surface area (Å²) in [6, 6.07) is 0. The molecule has 1 N–H and O–H groups in total. The van der Waals surface area contributed by atoms with E-state index in [1.807, 2.05) is 0 Å². The van der Waals surface area contributed by atoms with Crippen LogP contribution in [0.1, 0.15) is 12.8 Å². The van der Waals surface area contributed by atoms with E-state index in [4.69, 9.17) is 5.11 Å². The lowest BCUT2D eigenvalue weighted by Crippen LogP contribution is -2.28. The largest absolute Gasteiger partial charge is 0.352 e. The van der Waals surface area contributed by atoms with Crippen LogP contribution in [0.5, 0.6) is 0 Å². The highest BCUT2D eigenvalue weighted by atomic mass is 19.1. The maximum Gasteiger partial charge on any atom is 0.255 e. The highest BCUT2D eigenvalue weighted by molar-refractivity contribution is 4.63. The second-order valence-electron chi connectivity index (χ2n) is 2.05. The zero-order valence-electron chi connectivity index (χ0n) is 4.68. The lowest BCUT2D eigenvalue weighted by Gasteiger charge is -2.13. The Morgan fingerprint density at radius 2 is 1.88 bits per heavy atom. The molecule has 0 radical (unpaired) electrons. The molecule has 48 valence electrons. The second-order valence-corrected chi connectivity index (χ2v) is 2.05. The predicted molar refractivity (Wildman–Crippen MR) is 27.9 cm³/mol. The van der Waals surface area contributed by atoms with E-state index in [-0.39, 0.29) is 0 Å². The summed E-state index contributed by atoms with van der Waals surface area (Å²) in [7, 11) is 0. The molecule has 0 aliphatic carbocycles. The first-order valence-electron chi connectivity index (χ1n) is 2.87. The van der Waals surface area contributed by atoms with Crippen LogP contribution >= 0.6 is 0 Å². The SMILES string of the molecule is OC(F)N1CCCC1. The Morgan fingerprint density at radius 1 is 1.38 bits per heavy atom. The summed E-state index contributed by atoms with van der Waals surface area (Å²) in [4.78, 5) is 1.42. The molecule has 1 aliphatic rings. The monoisotopic (exact) mass is 119 g/mol. The van der Waals surface area contributed by atoms with Crippen molar-refractivity contribution in [1.82, 2.24) is 4.90 Å². The molecule has 8 heavy (non-hydrogen) atoms. The molecule has 0 amide bonds. The van der Waals surface area contributed by atoms with Gasteiger partial charge in [0.2, 0.25) is 0 Å². The Kier molecular flexibility index (Phi) is 1.81. The van der Waals surface area contributed by atoms with Crippen LogP contribution in [-0.2, 0) is 0 Å². The van der Waals surface area contributed by atoms with Gasteiger partial charge in [-0.2, -0.15) is 4.39 Å². The van der Waals surface area contributed by atoms with Crippen molar-refractivity contribution in [2.24, 2.45) is 0 Å². The van der Waals surface area contributed by atoms with Crippen molar-refractivity contribution in [2.75, 3.05) is 13.1 Å². The number of hydrogen-bond donors (Lipinski definition) is 1. The lowest BCUT2D eigenvalue weighted by atomic mass is 10.4. The molecule has 1 rings (SSSR count). The molecular weight excluding hydrogens is 109 g/mol. The van der Waals surface area contributed by atoms with Gasteiger partial charge >= 0.3 is 0 Å². The van der Waals surface area contributed by atoms with Gasteiger partial charge in [-0.25, -0.2) is 0 Å². The van der Waals surface area contributed by atoms with Crippen LogP contribution in [0, 0.1) is 0 Å². The lowest BCUT2D eigenvalue weighted by molar-refractivity contribution is -0.0832. The molecule has 1 heterocycles. The van der Waals surface area contributed by atoms with Crippen LogP contribution in [-0.4, -0.2) is 29.6 Å². The first kappa shape index (κ1) is 5.98. The number of halogens is 1. The van der Waals surface area contributed by atoms with Crippen molar-refractivity contribution in [3.63, 3.8) is 0 Å². The Hall–Kier alpha value is -0.150. The Balaban J connectivity index is 2.24. The highest BCUT2D eigenvalue weighted by Crippen LogP contribution is 2.09. The maximum atomic E-state index is 11.9. The van der Waals surface area contributed by atoms with Gasteiger partial charge in [0.25, 0.3) is 6.48 Å². The topological polar surface area (TPSA) is 23.5 Å². The molecule has 1 unspecified atom stereocenters. The standard InChI is InChI=1S/C5H10FNO/c6-5(8)7-3-1-2-4-7/h5,8H,1-4H2. The zero-order valence-corrected chi connectivity index (χ0v) is 4.68. The first-order chi connectivity index (χ1) is 3.80. The van der Waals surface area contributed by atoms with Gasteiger partial charge in [-0.15, -0.1) is 0 Å². The summed E-state index contributed by atoms with van der Waals surface area (Å²) < 4.78 is 11.9. The van der Waals surface area contributed by atoms with E-state index >= 15 is 0 Å². The molecule has 0 bridgehead atoms. The van der Waals surface area contributed by atoms with Crippen molar-refractivity contribution in [3.8, 4) is 0 Å². The minimum absolute atomic E-state index is 0.706. The van der Waals surface area contributed by atoms with Gasteiger partial charge < -0.3 is 5.11 Å². The van der Waals surface area contributed by atoms with Gasteiger partial charge in [0.15, 0.2) is 0 Å². The van der Waals surface area contributed by atoms with Crippen LogP contribution in [0.4, 0.5) is 4.39 Å². The third kappa shape index (κ3) is 1.17. The normalized spacial score (nSPS) is 26.2. The van der Waals surface area contributed by atoms with E-state index in [0.717, 1.165) is 12.8 Å². The average molecular weight is 119 g/mol. The van der Waals surface area contributed by atoms with Crippen LogP contribution in [0.25, 0.3) is 0 Å². The van der Waals surface area contributed by atoms with Gasteiger partial charge in [-0.05, 0) is 12.8 Å². The fourth-order valence-corrected chi connectivity index (χ4v) is 0.955. The molecule has 0 spiro atoms. The number of hydrogen-bond acceptors (Lipinski definition) is 2. The average Bonchev–Trinajstić information content (AvgIpc) is 2.12. The molecule has 1 aliphatic heterocycles. The minimum Gasteiger partial charge on any atom is -0.352 e. The van der Waals surface area contributed by atoms with Crippen molar-refractivity contribution in [2.45, 2.75) is 19.3 Å². The number of rotatable bonds is 1. The molecule has 0 aromatic rings. The van der Waals surface area contributed by atoms with Crippen LogP contribution < -0.4 is 0 Å². The van der Waals surface area contributed by atoms with Gasteiger partial charge in [-0.3, -0.25) is 4.90 Å². The van der Waals surface area contributed by atoms with Gasteiger partial charge in [-0.1, -0.05) is 0 Å². The fourth-order valence-electron chi connectivity index (χ4n) is 0.955. The van der Waals surface area contributed by atoms with E-state index in [9.17, 15) is 4.39 Å². The van der Waals surface area contributed by atoms with E-state index in [1.54, 1.807) is 0 Å². The van der Waals surface area contributed by atoms with Gasteiger partial charge in [0.05, 0.1) is 0 Å². The third-order valence-electron chi connectivity index (χ3n) is 1.44. The third-order valence-corrected chi connectivity index (χ3v) is 1.44. The summed E-state index contributed by atoms with van der Waals surface area (Å²) in [6.45, 7) is -0.312. The molecular formula is C5H10FNO. The smallest absolute Gasteiger partial charge is 0.255 e. The molecule has 0 aromatic carbocycles.